The number of anilines is 3. The van der Waals surface area contributed by atoms with Crippen molar-refractivity contribution in [1.29, 1.82) is 0 Å². The Morgan fingerprint density at radius 1 is 0.424 bits per heavy atom. The third kappa shape index (κ3) is 4.12. The van der Waals surface area contributed by atoms with E-state index in [0.717, 1.165) is 16.7 Å². The minimum Gasteiger partial charge on any atom is -0.311 e. The van der Waals surface area contributed by atoms with Gasteiger partial charge in [-0.1, -0.05) is 0 Å². The van der Waals surface area contributed by atoms with Gasteiger partial charge in [-0.15, -0.1) is 0 Å². The second-order valence-electron chi connectivity index (χ2n) is 8.76. The van der Waals surface area contributed by atoms with Crippen molar-refractivity contribution >= 4 is 34.8 Å². The highest BCUT2D eigenvalue weighted by atomic mass is 16.2. The molecule has 1 heterocycles. The smallest absolute Gasteiger partial charge is 0.258 e. The van der Waals surface area contributed by atoms with E-state index in [2.05, 4.69) is 0 Å². The number of fused-ring (bicyclic) bond motifs is 6. The molecule has 33 heavy (non-hydrogen) atoms. The van der Waals surface area contributed by atoms with Crippen LogP contribution in [0.2, 0.25) is 0 Å². The zero-order valence-electron chi connectivity index (χ0n) is 19.8. The second-order valence-corrected chi connectivity index (χ2v) is 8.76. The van der Waals surface area contributed by atoms with E-state index in [1.54, 1.807) is 57.5 Å². The van der Waals surface area contributed by atoms with Crippen molar-refractivity contribution in [2.24, 2.45) is 0 Å². The lowest BCUT2D eigenvalue weighted by Gasteiger charge is -2.22. The molecule has 0 unspecified atom stereocenters. The summed E-state index contributed by atoms with van der Waals surface area (Å²) >= 11 is 0. The van der Waals surface area contributed by atoms with Crippen molar-refractivity contribution < 1.29 is 14.4 Å². The molecule has 0 spiro atoms. The zero-order chi connectivity index (χ0) is 24.0. The van der Waals surface area contributed by atoms with Crippen LogP contribution in [-0.4, -0.2) is 38.9 Å². The van der Waals surface area contributed by atoms with E-state index in [1.807, 2.05) is 39.0 Å². The quantitative estimate of drug-likeness (QED) is 0.506. The second kappa shape index (κ2) is 8.20. The van der Waals surface area contributed by atoms with Crippen LogP contribution in [0.5, 0.6) is 0 Å². The first-order chi connectivity index (χ1) is 15.5. The van der Waals surface area contributed by atoms with Crippen molar-refractivity contribution in [3.8, 4) is 0 Å². The van der Waals surface area contributed by atoms with Gasteiger partial charge in [0.25, 0.3) is 17.7 Å². The monoisotopic (exact) mass is 441 g/mol. The van der Waals surface area contributed by atoms with Crippen molar-refractivity contribution in [1.82, 2.24) is 0 Å². The van der Waals surface area contributed by atoms with Gasteiger partial charge in [0.1, 0.15) is 0 Å². The van der Waals surface area contributed by atoms with E-state index < -0.39 is 0 Å². The summed E-state index contributed by atoms with van der Waals surface area (Å²) in [4.78, 5) is 44.7. The normalized spacial score (nSPS) is 14.4. The summed E-state index contributed by atoms with van der Waals surface area (Å²) in [6.07, 6.45) is 0. The molecule has 0 aromatic heterocycles. The molecule has 3 amide bonds. The van der Waals surface area contributed by atoms with Gasteiger partial charge < -0.3 is 14.7 Å². The summed E-state index contributed by atoms with van der Waals surface area (Å²) in [5, 5.41) is 0. The third-order valence-electron chi connectivity index (χ3n) is 6.00. The lowest BCUT2D eigenvalue weighted by atomic mass is 10.1. The van der Waals surface area contributed by atoms with Gasteiger partial charge in [-0.3, -0.25) is 14.4 Å². The van der Waals surface area contributed by atoms with Crippen LogP contribution in [0.15, 0.2) is 54.6 Å². The molecular formula is C27H27N3O3. The molecule has 1 aliphatic heterocycles. The standard InChI is InChI=1S/C27H27N3O3/c1-16-7-19-13-22(10-16)28(4)26(32)20-8-17(2)12-24(14-20)30(6)27(33)21-9-18(3)11-23(15-21)29(5)25(19)31/h7-15H,1-6H3. The largest absolute Gasteiger partial charge is 0.311 e. The van der Waals surface area contributed by atoms with Gasteiger partial charge >= 0.3 is 0 Å². The first-order valence-corrected chi connectivity index (χ1v) is 10.7. The SMILES string of the molecule is Cc1cc2cc(c1)N(C)C(=O)c1cc(C)cc(c1)N(C)C(=O)c1cc(C)cc(c1)N(C)C2=O. The minimum absolute atomic E-state index is 0.218. The minimum atomic E-state index is -0.218. The molecular weight excluding hydrogens is 414 g/mol. The van der Waals surface area contributed by atoms with Crippen LogP contribution < -0.4 is 14.7 Å². The van der Waals surface area contributed by atoms with Gasteiger partial charge in [0.15, 0.2) is 0 Å². The summed E-state index contributed by atoms with van der Waals surface area (Å²) < 4.78 is 0. The van der Waals surface area contributed by atoms with E-state index in [-0.39, 0.29) is 17.7 Å². The molecule has 0 radical (unpaired) electrons. The van der Waals surface area contributed by atoms with Crippen molar-refractivity contribution in [3.63, 3.8) is 0 Å². The number of amides is 3. The van der Waals surface area contributed by atoms with Crippen LogP contribution >= 0.6 is 0 Å². The van der Waals surface area contributed by atoms with Gasteiger partial charge in [0.2, 0.25) is 0 Å². The van der Waals surface area contributed by atoms with Gasteiger partial charge in [-0.25, -0.2) is 0 Å². The number of aryl methyl sites for hydroxylation is 3. The highest BCUT2D eigenvalue weighted by Gasteiger charge is 2.23. The average Bonchev–Trinajstić information content (AvgIpc) is 2.79. The van der Waals surface area contributed by atoms with Crippen LogP contribution in [-0.2, 0) is 0 Å². The van der Waals surface area contributed by atoms with E-state index in [1.165, 1.54) is 14.7 Å². The number of nitrogens with zero attached hydrogens (tertiary/aromatic N) is 3. The molecule has 0 fully saturated rings. The summed E-state index contributed by atoms with van der Waals surface area (Å²) in [5.41, 5.74) is 5.92. The Morgan fingerprint density at radius 3 is 0.909 bits per heavy atom. The predicted molar refractivity (Wildman–Crippen MR) is 132 cm³/mol. The van der Waals surface area contributed by atoms with Crippen LogP contribution in [0.25, 0.3) is 0 Å². The molecule has 4 rings (SSSR count). The number of carbonyl (C=O) groups excluding carboxylic acids is 3. The Bertz CT molecular complexity index is 1150. The molecule has 6 nitrogen and oxygen atoms in total. The fourth-order valence-corrected chi connectivity index (χ4v) is 4.17. The molecule has 1 aliphatic rings. The van der Waals surface area contributed by atoms with E-state index in [4.69, 9.17) is 0 Å². The molecule has 168 valence electrons. The van der Waals surface area contributed by atoms with Crippen molar-refractivity contribution in [3.05, 3.63) is 88.0 Å². The molecule has 0 saturated heterocycles. The Hall–Kier alpha value is -3.93. The molecule has 0 atom stereocenters. The van der Waals surface area contributed by atoms with E-state index >= 15 is 0 Å². The highest BCUT2D eigenvalue weighted by Crippen LogP contribution is 2.28. The summed E-state index contributed by atoms with van der Waals surface area (Å²) in [5.74, 6) is -0.654. The Morgan fingerprint density at radius 2 is 0.667 bits per heavy atom. The lowest BCUT2D eigenvalue weighted by Crippen LogP contribution is -2.29. The highest BCUT2D eigenvalue weighted by molar-refractivity contribution is 6.12. The Kier molecular flexibility index (Phi) is 5.54. The van der Waals surface area contributed by atoms with Crippen LogP contribution in [0, 0.1) is 20.8 Å². The van der Waals surface area contributed by atoms with Gasteiger partial charge in [0, 0.05) is 54.9 Å². The fraction of sp³-hybridized carbons (Fsp3) is 0.222. The van der Waals surface area contributed by atoms with Crippen molar-refractivity contribution in [2.75, 3.05) is 35.8 Å². The van der Waals surface area contributed by atoms with Crippen LogP contribution in [0.1, 0.15) is 47.8 Å². The Balaban J connectivity index is 1.99. The first kappa shape index (κ1) is 22.3. The number of carbonyl (C=O) groups is 3. The average molecular weight is 442 g/mol. The molecule has 6 heteroatoms. The molecule has 0 saturated carbocycles. The molecule has 3 aromatic carbocycles. The molecule has 6 bridgehead atoms. The maximum absolute atomic E-state index is 13.4. The Labute approximate surface area is 194 Å². The summed E-state index contributed by atoms with van der Waals surface area (Å²) in [6.45, 7) is 5.70. The molecule has 0 aliphatic carbocycles. The van der Waals surface area contributed by atoms with E-state index in [0.29, 0.717) is 33.8 Å². The topological polar surface area (TPSA) is 60.9 Å². The number of benzene rings is 3. The summed E-state index contributed by atoms with van der Waals surface area (Å²) in [6, 6.07) is 16.2. The zero-order valence-corrected chi connectivity index (χ0v) is 19.8. The molecule has 3 aromatic rings. The number of hydrogen-bond acceptors (Lipinski definition) is 3. The maximum Gasteiger partial charge on any atom is 0.258 e. The van der Waals surface area contributed by atoms with Crippen molar-refractivity contribution in [2.45, 2.75) is 20.8 Å². The summed E-state index contributed by atoms with van der Waals surface area (Å²) in [7, 11) is 5.07. The van der Waals surface area contributed by atoms with Crippen LogP contribution in [0.3, 0.4) is 0 Å². The van der Waals surface area contributed by atoms with Gasteiger partial charge in [-0.2, -0.15) is 0 Å². The first-order valence-electron chi connectivity index (χ1n) is 10.7. The predicted octanol–water partition coefficient (Wildman–Crippen LogP) is 4.76. The van der Waals surface area contributed by atoms with E-state index in [9.17, 15) is 14.4 Å². The van der Waals surface area contributed by atoms with Gasteiger partial charge in [0.05, 0.1) is 0 Å². The lowest BCUT2D eigenvalue weighted by molar-refractivity contribution is 0.0982. The maximum atomic E-state index is 13.4. The fourth-order valence-electron chi connectivity index (χ4n) is 4.17. The van der Waals surface area contributed by atoms with Gasteiger partial charge in [-0.05, 0) is 92.1 Å². The number of hydrogen-bond donors (Lipinski definition) is 0. The number of rotatable bonds is 0. The molecule has 0 N–H and O–H groups in total. The van der Waals surface area contributed by atoms with Crippen LogP contribution in [0.4, 0.5) is 17.1 Å². The third-order valence-corrected chi connectivity index (χ3v) is 6.00.